The zero-order chi connectivity index (χ0) is 26.9. The van der Waals surface area contributed by atoms with Crippen LogP contribution in [0.4, 0.5) is 10.1 Å². The minimum Gasteiger partial charge on any atom is -0.352 e. The van der Waals surface area contributed by atoms with Crippen LogP contribution in [0.5, 0.6) is 0 Å². The van der Waals surface area contributed by atoms with E-state index in [1.807, 2.05) is 32.9 Å². The van der Waals surface area contributed by atoms with E-state index in [-0.39, 0.29) is 43.8 Å². The average molecular weight is 540 g/mol. The molecular weight excluding hydrogens is 505 g/mol. The summed E-state index contributed by atoms with van der Waals surface area (Å²) < 4.78 is 39.2. The van der Waals surface area contributed by atoms with Gasteiger partial charge in [-0.3, -0.25) is 13.9 Å². The van der Waals surface area contributed by atoms with Gasteiger partial charge in [0.2, 0.25) is 21.8 Å². The molecule has 2 rings (SSSR count). The van der Waals surface area contributed by atoms with Gasteiger partial charge in [-0.05, 0) is 62.1 Å². The highest BCUT2D eigenvalue weighted by Gasteiger charge is 2.29. The molecule has 0 unspecified atom stereocenters. The number of halogens is 2. The van der Waals surface area contributed by atoms with Gasteiger partial charge in [0.25, 0.3) is 0 Å². The van der Waals surface area contributed by atoms with Crippen molar-refractivity contribution in [3.8, 4) is 0 Å². The predicted octanol–water partition coefficient (Wildman–Crippen LogP) is 4.75. The maximum Gasteiger partial charge on any atom is 0.243 e. The third-order valence-electron chi connectivity index (χ3n) is 5.95. The molecule has 2 atom stereocenters. The van der Waals surface area contributed by atoms with E-state index in [0.29, 0.717) is 22.7 Å². The van der Waals surface area contributed by atoms with E-state index in [0.717, 1.165) is 17.0 Å². The quantitative estimate of drug-likeness (QED) is 0.398. The normalized spacial score (nSPS) is 13.1. The van der Waals surface area contributed by atoms with Gasteiger partial charge in [-0.1, -0.05) is 43.6 Å². The smallest absolute Gasteiger partial charge is 0.243 e. The Morgan fingerprint density at radius 1 is 1.06 bits per heavy atom. The summed E-state index contributed by atoms with van der Waals surface area (Å²) in [7, 11) is -3.65. The van der Waals surface area contributed by atoms with Crippen LogP contribution in [0.1, 0.15) is 52.0 Å². The number of sulfonamides is 1. The zero-order valence-corrected chi connectivity index (χ0v) is 22.8. The second-order valence-corrected chi connectivity index (χ2v) is 11.1. The van der Waals surface area contributed by atoms with Crippen molar-refractivity contribution in [3.05, 3.63) is 64.9 Å². The third kappa shape index (κ3) is 8.48. The fourth-order valence-electron chi connectivity index (χ4n) is 3.78. The Labute approximate surface area is 218 Å². The van der Waals surface area contributed by atoms with E-state index < -0.39 is 21.9 Å². The van der Waals surface area contributed by atoms with E-state index in [9.17, 15) is 22.4 Å². The zero-order valence-electron chi connectivity index (χ0n) is 21.2. The molecule has 10 heteroatoms. The van der Waals surface area contributed by atoms with Crippen LogP contribution in [-0.2, 0) is 26.2 Å². The van der Waals surface area contributed by atoms with Crippen LogP contribution in [0.25, 0.3) is 0 Å². The lowest BCUT2D eigenvalue weighted by Gasteiger charge is -2.32. The molecule has 2 amide bonds. The van der Waals surface area contributed by atoms with Crippen LogP contribution < -0.4 is 9.62 Å². The largest absolute Gasteiger partial charge is 0.352 e. The van der Waals surface area contributed by atoms with Gasteiger partial charge in [0.15, 0.2) is 0 Å². The van der Waals surface area contributed by atoms with Crippen molar-refractivity contribution in [3.63, 3.8) is 0 Å². The van der Waals surface area contributed by atoms with E-state index in [1.165, 1.54) is 29.2 Å². The van der Waals surface area contributed by atoms with E-state index in [2.05, 4.69) is 5.32 Å². The Kier molecular flexibility index (Phi) is 11.2. The minimum absolute atomic E-state index is 0.0186. The number of anilines is 1. The number of nitrogens with one attached hydrogen (secondary N) is 1. The first-order valence-electron chi connectivity index (χ1n) is 12.0. The molecule has 0 bridgehead atoms. The molecule has 1 N–H and O–H groups in total. The van der Waals surface area contributed by atoms with Crippen molar-refractivity contribution in [2.24, 2.45) is 0 Å². The summed E-state index contributed by atoms with van der Waals surface area (Å²) >= 11 is 6.34. The van der Waals surface area contributed by atoms with Crippen molar-refractivity contribution in [1.29, 1.82) is 0 Å². The van der Waals surface area contributed by atoms with Crippen LogP contribution in [-0.4, -0.2) is 50.0 Å². The first-order valence-corrected chi connectivity index (χ1v) is 14.3. The molecule has 0 aliphatic heterocycles. The van der Waals surface area contributed by atoms with E-state index >= 15 is 0 Å². The molecule has 0 saturated heterocycles. The molecule has 0 saturated carbocycles. The molecule has 0 aromatic heterocycles. The Bertz CT molecular complexity index is 1130. The number of hydrogen-bond acceptors (Lipinski definition) is 4. The van der Waals surface area contributed by atoms with Crippen LogP contribution >= 0.6 is 11.6 Å². The summed E-state index contributed by atoms with van der Waals surface area (Å²) in [5.74, 6) is -0.996. The van der Waals surface area contributed by atoms with Gasteiger partial charge in [0.05, 0.1) is 11.9 Å². The lowest BCUT2D eigenvalue weighted by Crippen LogP contribution is -2.50. The topological polar surface area (TPSA) is 86.8 Å². The third-order valence-corrected chi connectivity index (χ3v) is 7.52. The molecule has 198 valence electrons. The molecule has 0 spiro atoms. The van der Waals surface area contributed by atoms with Gasteiger partial charge in [0, 0.05) is 30.6 Å². The number of amides is 2. The second kappa shape index (κ2) is 13.6. The van der Waals surface area contributed by atoms with Gasteiger partial charge in [-0.15, -0.1) is 0 Å². The van der Waals surface area contributed by atoms with Crippen molar-refractivity contribution in [2.75, 3.05) is 17.1 Å². The number of carbonyl (C=O) groups is 2. The van der Waals surface area contributed by atoms with Gasteiger partial charge in [0.1, 0.15) is 11.9 Å². The Hall–Kier alpha value is -2.65. The molecule has 0 aliphatic carbocycles. The van der Waals surface area contributed by atoms with Gasteiger partial charge < -0.3 is 10.2 Å². The Morgan fingerprint density at radius 2 is 1.69 bits per heavy atom. The maximum atomic E-state index is 13.4. The van der Waals surface area contributed by atoms with Crippen LogP contribution in [0, 0.1) is 5.82 Å². The number of carbonyl (C=O) groups excluding carboxylic acids is 2. The number of rotatable bonds is 13. The van der Waals surface area contributed by atoms with Crippen LogP contribution in [0.15, 0.2) is 48.5 Å². The van der Waals surface area contributed by atoms with E-state index in [1.54, 1.807) is 12.1 Å². The SMILES string of the molecule is CC[C@H](C)NC(=O)[C@H](CC)N(Cc1ccccc1Cl)C(=O)CCCN(c1ccc(F)cc1)S(C)(=O)=O. The Balaban J connectivity index is 2.23. The summed E-state index contributed by atoms with van der Waals surface area (Å²) in [6.45, 7) is 5.89. The summed E-state index contributed by atoms with van der Waals surface area (Å²) in [4.78, 5) is 28.0. The molecule has 0 heterocycles. The predicted molar refractivity (Wildman–Crippen MR) is 142 cm³/mol. The summed E-state index contributed by atoms with van der Waals surface area (Å²) in [5.41, 5.74) is 1.03. The standard InChI is InChI=1S/C26H35ClFN3O4S/c1-5-19(3)29-26(33)24(6-2)30(18-20-10-7-8-11-23(20)27)25(32)12-9-17-31(36(4,34)35)22-15-13-21(28)14-16-22/h7-8,10-11,13-16,19,24H,5-6,9,12,17-18H2,1-4H3,(H,29,33)/t19-,24-/m0/s1. The number of benzene rings is 2. The highest BCUT2D eigenvalue weighted by atomic mass is 35.5. The van der Waals surface area contributed by atoms with Crippen LogP contribution in [0.2, 0.25) is 5.02 Å². The highest BCUT2D eigenvalue weighted by molar-refractivity contribution is 7.92. The molecule has 2 aromatic carbocycles. The number of hydrogen-bond donors (Lipinski definition) is 1. The lowest BCUT2D eigenvalue weighted by atomic mass is 10.1. The summed E-state index contributed by atoms with van der Waals surface area (Å²) in [5, 5.41) is 3.45. The maximum absolute atomic E-state index is 13.4. The van der Waals surface area contributed by atoms with Crippen LogP contribution in [0.3, 0.4) is 0 Å². The fourth-order valence-corrected chi connectivity index (χ4v) is 4.94. The Morgan fingerprint density at radius 3 is 2.25 bits per heavy atom. The van der Waals surface area contributed by atoms with Crippen molar-refractivity contribution in [2.45, 2.75) is 65.1 Å². The summed E-state index contributed by atoms with van der Waals surface area (Å²) in [6, 6.07) is 11.5. The monoisotopic (exact) mass is 539 g/mol. The van der Waals surface area contributed by atoms with Gasteiger partial charge in [-0.25, -0.2) is 12.8 Å². The highest BCUT2D eigenvalue weighted by Crippen LogP contribution is 2.22. The number of nitrogens with zero attached hydrogens (tertiary/aromatic N) is 2. The average Bonchev–Trinajstić information content (AvgIpc) is 2.82. The van der Waals surface area contributed by atoms with Crippen molar-refractivity contribution in [1.82, 2.24) is 10.2 Å². The first kappa shape index (κ1) is 29.6. The van der Waals surface area contributed by atoms with E-state index in [4.69, 9.17) is 11.6 Å². The first-order chi connectivity index (χ1) is 17.0. The van der Waals surface area contributed by atoms with Gasteiger partial charge >= 0.3 is 0 Å². The molecular formula is C26H35ClFN3O4S. The molecule has 36 heavy (non-hydrogen) atoms. The molecule has 0 fully saturated rings. The fraction of sp³-hybridized carbons (Fsp3) is 0.462. The molecule has 0 aliphatic rings. The molecule has 7 nitrogen and oxygen atoms in total. The molecule has 0 radical (unpaired) electrons. The minimum atomic E-state index is -3.65. The lowest BCUT2D eigenvalue weighted by molar-refractivity contribution is -0.141. The van der Waals surface area contributed by atoms with Crippen molar-refractivity contribution >= 4 is 39.1 Å². The second-order valence-electron chi connectivity index (χ2n) is 8.77. The van der Waals surface area contributed by atoms with Crippen molar-refractivity contribution < 1.29 is 22.4 Å². The molecule has 2 aromatic rings. The summed E-state index contributed by atoms with van der Waals surface area (Å²) in [6.07, 6.45) is 2.46. The van der Waals surface area contributed by atoms with Gasteiger partial charge in [-0.2, -0.15) is 0 Å².